The highest BCUT2D eigenvalue weighted by Crippen LogP contribution is 2.22. The van der Waals surface area contributed by atoms with Gasteiger partial charge >= 0.3 is 5.97 Å². The van der Waals surface area contributed by atoms with Crippen molar-refractivity contribution in [3.63, 3.8) is 0 Å². The topological polar surface area (TPSA) is 90.0 Å². The fraction of sp³-hybridized carbons (Fsp3) is 0.273. The third kappa shape index (κ3) is 4.68. The number of imide groups is 1. The summed E-state index contributed by atoms with van der Waals surface area (Å²) in [7, 11) is 0. The predicted molar refractivity (Wildman–Crippen MR) is 104 cm³/mol. The summed E-state index contributed by atoms with van der Waals surface area (Å²) in [6.45, 7) is 2.14. The molecule has 150 valence electrons. The van der Waals surface area contributed by atoms with E-state index in [9.17, 15) is 19.2 Å². The lowest BCUT2D eigenvalue weighted by molar-refractivity contribution is -0.146. The van der Waals surface area contributed by atoms with Crippen LogP contribution in [0.25, 0.3) is 0 Å². The first-order valence-corrected chi connectivity index (χ1v) is 9.38. The number of amides is 2. The first-order valence-electron chi connectivity index (χ1n) is 9.38. The van der Waals surface area contributed by atoms with Gasteiger partial charge in [-0.1, -0.05) is 19.1 Å². The second kappa shape index (κ2) is 9.14. The van der Waals surface area contributed by atoms with Gasteiger partial charge in [-0.2, -0.15) is 0 Å². The van der Waals surface area contributed by atoms with Gasteiger partial charge in [-0.05, 0) is 42.8 Å². The van der Waals surface area contributed by atoms with Gasteiger partial charge in [0.2, 0.25) is 0 Å². The molecule has 0 unspecified atom stereocenters. The van der Waals surface area contributed by atoms with Crippen molar-refractivity contribution in [2.45, 2.75) is 26.2 Å². The van der Waals surface area contributed by atoms with Gasteiger partial charge in [-0.25, -0.2) is 4.90 Å². The van der Waals surface area contributed by atoms with Crippen LogP contribution in [0.5, 0.6) is 5.75 Å². The Morgan fingerprint density at radius 1 is 0.897 bits per heavy atom. The second-order valence-electron chi connectivity index (χ2n) is 6.53. The molecule has 2 amide bonds. The highest BCUT2D eigenvalue weighted by Gasteiger charge is 2.35. The van der Waals surface area contributed by atoms with Crippen molar-refractivity contribution in [3.05, 3.63) is 65.2 Å². The van der Waals surface area contributed by atoms with Crippen LogP contribution in [-0.2, 0) is 9.53 Å². The Balaban J connectivity index is 1.46. The molecule has 0 bridgehead atoms. The first kappa shape index (κ1) is 20.3. The van der Waals surface area contributed by atoms with Crippen molar-refractivity contribution in [1.82, 2.24) is 4.90 Å². The summed E-state index contributed by atoms with van der Waals surface area (Å²) < 4.78 is 10.5. The summed E-state index contributed by atoms with van der Waals surface area (Å²) in [6.07, 6.45) is 0.718. The molecule has 1 aliphatic rings. The van der Waals surface area contributed by atoms with E-state index in [1.165, 1.54) is 0 Å². The Morgan fingerprint density at radius 3 is 2.10 bits per heavy atom. The smallest absolute Gasteiger partial charge is 0.307 e. The zero-order chi connectivity index (χ0) is 20.8. The molecule has 2 aromatic rings. The van der Waals surface area contributed by atoms with Crippen LogP contribution in [0.4, 0.5) is 0 Å². The number of rotatable bonds is 9. The maximum Gasteiger partial charge on any atom is 0.307 e. The Hall–Kier alpha value is -3.48. The molecule has 0 saturated carbocycles. The van der Waals surface area contributed by atoms with E-state index in [2.05, 4.69) is 0 Å². The molecular weight excluding hydrogens is 374 g/mol. The molecule has 7 heteroatoms. The van der Waals surface area contributed by atoms with E-state index in [1.54, 1.807) is 48.5 Å². The molecule has 2 aromatic carbocycles. The fourth-order valence-electron chi connectivity index (χ4n) is 2.88. The van der Waals surface area contributed by atoms with E-state index >= 15 is 0 Å². The molecule has 1 aliphatic heterocycles. The van der Waals surface area contributed by atoms with Crippen molar-refractivity contribution >= 4 is 23.6 Å². The molecule has 29 heavy (non-hydrogen) atoms. The van der Waals surface area contributed by atoms with Crippen molar-refractivity contribution < 1.29 is 28.7 Å². The van der Waals surface area contributed by atoms with Crippen molar-refractivity contribution in [2.75, 3.05) is 13.3 Å². The van der Waals surface area contributed by atoms with E-state index in [1.807, 2.05) is 6.92 Å². The van der Waals surface area contributed by atoms with Gasteiger partial charge in [-0.15, -0.1) is 0 Å². The molecule has 0 N–H and O–H groups in total. The molecule has 3 rings (SSSR count). The van der Waals surface area contributed by atoms with Crippen molar-refractivity contribution in [1.29, 1.82) is 0 Å². The van der Waals surface area contributed by atoms with Gasteiger partial charge in [-0.3, -0.25) is 19.2 Å². The third-order valence-electron chi connectivity index (χ3n) is 4.44. The number of carbonyl (C=O) groups is 4. The number of esters is 1. The Kier molecular flexibility index (Phi) is 6.39. The van der Waals surface area contributed by atoms with Crippen LogP contribution in [-0.4, -0.2) is 41.8 Å². The summed E-state index contributed by atoms with van der Waals surface area (Å²) in [5.41, 5.74) is 1.05. The van der Waals surface area contributed by atoms with Crippen LogP contribution in [0.2, 0.25) is 0 Å². The van der Waals surface area contributed by atoms with Gasteiger partial charge in [0.15, 0.2) is 12.5 Å². The number of benzene rings is 2. The fourth-order valence-corrected chi connectivity index (χ4v) is 2.88. The molecular formula is C22H21NO6. The van der Waals surface area contributed by atoms with E-state index in [-0.39, 0.29) is 29.8 Å². The van der Waals surface area contributed by atoms with Crippen LogP contribution in [0.1, 0.15) is 57.3 Å². The quantitative estimate of drug-likeness (QED) is 0.368. The summed E-state index contributed by atoms with van der Waals surface area (Å²) in [5.74, 6) is -1.18. The maximum atomic E-state index is 12.2. The second-order valence-corrected chi connectivity index (χ2v) is 6.53. The van der Waals surface area contributed by atoms with Crippen molar-refractivity contribution in [3.8, 4) is 5.75 Å². The Morgan fingerprint density at radius 2 is 1.52 bits per heavy atom. The number of hydrogen-bond donors (Lipinski definition) is 0. The lowest BCUT2D eigenvalue weighted by atomic mass is 10.1. The van der Waals surface area contributed by atoms with E-state index < -0.39 is 24.5 Å². The van der Waals surface area contributed by atoms with Crippen LogP contribution in [0, 0.1) is 0 Å². The number of ketones is 1. The Labute approximate surface area is 168 Å². The molecule has 0 aliphatic carbocycles. The minimum absolute atomic E-state index is 0.0316. The molecule has 0 radical (unpaired) electrons. The summed E-state index contributed by atoms with van der Waals surface area (Å²) in [4.78, 5) is 49.5. The molecule has 0 atom stereocenters. The van der Waals surface area contributed by atoms with Crippen molar-refractivity contribution in [2.24, 2.45) is 0 Å². The summed E-state index contributed by atoms with van der Waals surface area (Å²) in [5, 5.41) is 0. The number of Topliss-reactive ketones (excluding diaryl/α,β-unsaturated/α-hetero) is 1. The number of hydrogen-bond acceptors (Lipinski definition) is 6. The van der Waals surface area contributed by atoms with Crippen LogP contribution in [0.15, 0.2) is 48.5 Å². The average molecular weight is 395 g/mol. The van der Waals surface area contributed by atoms with E-state index in [0.29, 0.717) is 17.9 Å². The monoisotopic (exact) mass is 395 g/mol. The molecule has 0 spiro atoms. The van der Waals surface area contributed by atoms with Crippen LogP contribution >= 0.6 is 0 Å². The standard InChI is InChI=1S/C22H21NO6/c1-2-13-28-16-9-7-15(8-10-16)19(24)11-12-20(25)29-14-23-21(26)17-5-3-4-6-18(17)22(23)27/h3-10H,2,11-14H2,1H3. The van der Waals surface area contributed by atoms with Gasteiger partial charge in [0.25, 0.3) is 11.8 Å². The van der Waals surface area contributed by atoms with Gasteiger partial charge in [0, 0.05) is 12.0 Å². The van der Waals surface area contributed by atoms with Gasteiger partial charge < -0.3 is 9.47 Å². The third-order valence-corrected chi connectivity index (χ3v) is 4.44. The minimum atomic E-state index is -0.655. The van der Waals surface area contributed by atoms with Gasteiger partial charge in [0.1, 0.15) is 5.75 Å². The van der Waals surface area contributed by atoms with Gasteiger partial charge in [0.05, 0.1) is 24.2 Å². The predicted octanol–water partition coefficient (Wildman–Crippen LogP) is 3.24. The summed E-state index contributed by atoms with van der Waals surface area (Å²) in [6, 6.07) is 13.1. The first-order chi connectivity index (χ1) is 14.0. The number of fused-ring (bicyclic) bond motifs is 1. The Bertz CT molecular complexity index is 900. The lowest BCUT2D eigenvalue weighted by Gasteiger charge is -2.13. The van der Waals surface area contributed by atoms with E-state index in [4.69, 9.17) is 9.47 Å². The minimum Gasteiger partial charge on any atom is -0.494 e. The zero-order valence-corrected chi connectivity index (χ0v) is 16.1. The lowest BCUT2D eigenvalue weighted by Crippen LogP contribution is -2.33. The average Bonchev–Trinajstić information content (AvgIpc) is 2.99. The normalized spacial score (nSPS) is 12.7. The van der Waals surface area contributed by atoms with Crippen LogP contribution < -0.4 is 4.74 Å². The molecule has 0 aromatic heterocycles. The molecule has 0 saturated heterocycles. The largest absolute Gasteiger partial charge is 0.494 e. The SMILES string of the molecule is CCCOc1ccc(C(=O)CCC(=O)OCN2C(=O)c3ccccc3C2=O)cc1. The zero-order valence-electron chi connectivity index (χ0n) is 16.1. The molecule has 7 nitrogen and oxygen atoms in total. The molecule has 0 fully saturated rings. The highest BCUT2D eigenvalue weighted by atomic mass is 16.5. The number of nitrogens with zero attached hydrogens (tertiary/aromatic N) is 1. The van der Waals surface area contributed by atoms with Crippen LogP contribution in [0.3, 0.4) is 0 Å². The number of carbonyl (C=O) groups excluding carboxylic acids is 4. The maximum absolute atomic E-state index is 12.2. The number of ether oxygens (including phenoxy) is 2. The van der Waals surface area contributed by atoms with E-state index in [0.717, 1.165) is 11.3 Å². The highest BCUT2D eigenvalue weighted by molar-refractivity contribution is 6.21. The molecule has 1 heterocycles. The summed E-state index contributed by atoms with van der Waals surface area (Å²) >= 11 is 0.